The second kappa shape index (κ2) is 5.47. The number of pyridine rings is 1. The molecule has 2 heterocycles. The van der Waals surface area contributed by atoms with E-state index in [1.807, 2.05) is 12.1 Å². The van der Waals surface area contributed by atoms with Gasteiger partial charge in [-0.15, -0.1) is 0 Å². The molecule has 1 aromatic heterocycles. The minimum Gasteiger partial charge on any atom is -0.389 e. The minimum atomic E-state index is -0.423. The number of anilines is 1. The summed E-state index contributed by atoms with van der Waals surface area (Å²) in [6.45, 7) is 9.33. The zero-order valence-electron chi connectivity index (χ0n) is 10.6. The van der Waals surface area contributed by atoms with Crippen molar-refractivity contribution < 1.29 is 5.11 Å². The Hall–Kier alpha value is -1.13. The molecule has 4 nitrogen and oxygen atoms in total. The lowest BCUT2D eigenvalue weighted by Gasteiger charge is -2.34. The van der Waals surface area contributed by atoms with Crippen molar-refractivity contribution in [2.45, 2.75) is 20.0 Å². The first kappa shape index (κ1) is 12.3. The van der Waals surface area contributed by atoms with Crippen LogP contribution < -0.4 is 4.90 Å². The standard InChI is InChI=1S/C13H21N3O/c1-3-15-6-8-16(9-7-15)13-10-12(11(2)17)4-5-14-13/h4-5,10-11,17H,3,6-9H2,1-2H3. The molecule has 1 aliphatic heterocycles. The van der Waals surface area contributed by atoms with Crippen molar-refractivity contribution in [2.75, 3.05) is 37.6 Å². The summed E-state index contributed by atoms with van der Waals surface area (Å²) >= 11 is 0. The Morgan fingerprint density at radius 3 is 2.65 bits per heavy atom. The highest BCUT2D eigenvalue weighted by atomic mass is 16.3. The molecule has 1 unspecified atom stereocenters. The van der Waals surface area contributed by atoms with Gasteiger partial charge in [-0.2, -0.15) is 0 Å². The molecule has 1 aliphatic rings. The van der Waals surface area contributed by atoms with Crippen LogP contribution in [0, 0.1) is 0 Å². The van der Waals surface area contributed by atoms with Crippen molar-refractivity contribution in [1.29, 1.82) is 0 Å². The highest BCUT2D eigenvalue weighted by Crippen LogP contribution is 2.19. The lowest BCUT2D eigenvalue weighted by atomic mass is 10.1. The molecule has 2 rings (SSSR count). The number of nitrogens with zero attached hydrogens (tertiary/aromatic N) is 3. The normalized spacial score (nSPS) is 19.4. The molecule has 4 heteroatoms. The fourth-order valence-corrected chi connectivity index (χ4v) is 2.16. The monoisotopic (exact) mass is 235 g/mol. The third-order valence-corrected chi connectivity index (χ3v) is 3.40. The van der Waals surface area contributed by atoms with Gasteiger partial charge < -0.3 is 14.9 Å². The van der Waals surface area contributed by atoms with E-state index in [1.54, 1.807) is 13.1 Å². The van der Waals surface area contributed by atoms with E-state index >= 15 is 0 Å². The van der Waals surface area contributed by atoms with Crippen LogP contribution in [0.2, 0.25) is 0 Å². The van der Waals surface area contributed by atoms with E-state index in [2.05, 4.69) is 21.7 Å². The van der Waals surface area contributed by atoms with E-state index in [-0.39, 0.29) is 0 Å². The predicted molar refractivity (Wildman–Crippen MR) is 69.2 cm³/mol. The maximum Gasteiger partial charge on any atom is 0.128 e. The molecule has 1 saturated heterocycles. The predicted octanol–water partition coefficient (Wildman–Crippen LogP) is 1.28. The highest BCUT2D eigenvalue weighted by molar-refractivity contribution is 5.42. The SMILES string of the molecule is CCN1CCN(c2cc(C(C)O)ccn2)CC1. The number of aromatic nitrogens is 1. The van der Waals surface area contributed by atoms with Crippen LogP contribution in [0.1, 0.15) is 25.5 Å². The Bertz CT molecular complexity index is 359. The lowest BCUT2D eigenvalue weighted by Crippen LogP contribution is -2.46. The molecule has 1 fully saturated rings. The van der Waals surface area contributed by atoms with Crippen molar-refractivity contribution in [2.24, 2.45) is 0 Å². The van der Waals surface area contributed by atoms with Crippen LogP contribution in [0.5, 0.6) is 0 Å². The van der Waals surface area contributed by atoms with E-state index in [9.17, 15) is 5.11 Å². The van der Waals surface area contributed by atoms with Gasteiger partial charge in [0.1, 0.15) is 5.82 Å². The van der Waals surface area contributed by atoms with E-state index in [1.165, 1.54) is 0 Å². The van der Waals surface area contributed by atoms with Crippen LogP contribution in [0.4, 0.5) is 5.82 Å². The Balaban J connectivity index is 2.05. The number of likely N-dealkylation sites (N-methyl/N-ethyl adjacent to an activating group) is 1. The minimum absolute atomic E-state index is 0.423. The first-order chi connectivity index (χ1) is 8.20. The Morgan fingerprint density at radius 2 is 2.06 bits per heavy atom. The topological polar surface area (TPSA) is 39.6 Å². The second-order valence-electron chi connectivity index (χ2n) is 4.54. The van der Waals surface area contributed by atoms with Gasteiger partial charge in [-0.25, -0.2) is 4.98 Å². The number of aliphatic hydroxyl groups excluding tert-OH is 1. The number of piperazine rings is 1. The van der Waals surface area contributed by atoms with Crippen molar-refractivity contribution in [1.82, 2.24) is 9.88 Å². The molecule has 1 N–H and O–H groups in total. The van der Waals surface area contributed by atoms with Gasteiger partial charge in [-0.1, -0.05) is 6.92 Å². The smallest absolute Gasteiger partial charge is 0.128 e. The number of hydrogen-bond acceptors (Lipinski definition) is 4. The van der Waals surface area contributed by atoms with Crippen molar-refractivity contribution >= 4 is 5.82 Å². The molecule has 1 atom stereocenters. The molecular formula is C13H21N3O. The molecule has 17 heavy (non-hydrogen) atoms. The maximum absolute atomic E-state index is 9.57. The third kappa shape index (κ3) is 2.96. The fourth-order valence-electron chi connectivity index (χ4n) is 2.16. The molecule has 0 spiro atoms. The molecule has 0 aliphatic carbocycles. The lowest BCUT2D eigenvalue weighted by molar-refractivity contribution is 0.199. The second-order valence-corrected chi connectivity index (χ2v) is 4.54. The van der Waals surface area contributed by atoms with Gasteiger partial charge in [0, 0.05) is 32.4 Å². The van der Waals surface area contributed by atoms with Gasteiger partial charge in [-0.3, -0.25) is 0 Å². The summed E-state index contributed by atoms with van der Waals surface area (Å²) in [5, 5.41) is 9.57. The summed E-state index contributed by atoms with van der Waals surface area (Å²) in [5.41, 5.74) is 0.938. The average molecular weight is 235 g/mol. The van der Waals surface area contributed by atoms with Crippen molar-refractivity contribution in [3.63, 3.8) is 0 Å². The van der Waals surface area contributed by atoms with E-state index in [4.69, 9.17) is 0 Å². The summed E-state index contributed by atoms with van der Waals surface area (Å²) in [5.74, 6) is 0.985. The average Bonchev–Trinajstić information content (AvgIpc) is 2.39. The molecule has 0 saturated carbocycles. The van der Waals surface area contributed by atoms with Crippen LogP contribution in [-0.4, -0.2) is 47.7 Å². The van der Waals surface area contributed by atoms with Gasteiger partial charge in [0.25, 0.3) is 0 Å². The molecule has 0 bridgehead atoms. The Kier molecular flexibility index (Phi) is 3.97. The maximum atomic E-state index is 9.57. The summed E-state index contributed by atoms with van der Waals surface area (Å²) in [6, 6.07) is 3.86. The van der Waals surface area contributed by atoms with Gasteiger partial charge in [0.2, 0.25) is 0 Å². The first-order valence-electron chi connectivity index (χ1n) is 6.32. The number of aliphatic hydroxyl groups is 1. The molecule has 0 radical (unpaired) electrons. The Labute approximate surface area is 103 Å². The summed E-state index contributed by atoms with van der Waals surface area (Å²) < 4.78 is 0. The van der Waals surface area contributed by atoms with Crippen molar-refractivity contribution in [3.8, 4) is 0 Å². The van der Waals surface area contributed by atoms with Crippen LogP contribution in [0.25, 0.3) is 0 Å². The largest absolute Gasteiger partial charge is 0.389 e. The number of hydrogen-bond donors (Lipinski definition) is 1. The van der Waals surface area contributed by atoms with Gasteiger partial charge in [0.15, 0.2) is 0 Å². The summed E-state index contributed by atoms with van der Waals surface area (Å²) in [7, 11) is 0. The quantitative estimate of drug-likeness (QED) is 0.856. The van der Waals surface area contributed by atoms with Crippen LogP contribution in [0.3, 0.4) is 0 Å². The highest BCUT2D eigenvalue weighted by Gasteiger charge is 2.17. The van der Waals surface area contributed by atoms with Crippen LogP contribution >= 0.6 is 0 Å². The van der Waals surface area contributed by atoms with Gasteiger partial charge in [0.05, 0.1) is 6.10 Å². The molecule has 94 valence electrons. The van der Waals surface area contributed by atoms with E-state index in [0.717, 1.165) is 44.1 Å². The molecular weight excluding hydrogens is 214 g/mol. The summed E-state index contributed by atoms with van der Waals surface area (Å²) in [6.07, 6.45) is 1.36. The first-order valence-corrected chi connectivity index (χ1v) is 6.32. The molecule has 0 aromatic carbocycles. The van der Waals surface area contributed by atoms with Crippen LogP contribution in [-0.2, 0) is 0 Å². The fraction of sp³-hybridized carbons (Fsp3) is 0.615. The van der Waals surface area contributed by atoms with Gasteiger partial charge >= 0.3 is 0 Å². The van der Waals surface area contributed by atoms with Crippen LogP contribution in [0.15, 0.2) is 18.3 Å². The Morgan fingerprint density at radius 1 is 1.35 bits per heavy atom. The zero-order chi connectivity index (χ0) is 12.3. The third-order valence-electron chi connectivity index (χ3n) is 3.40. The summed E-state index contributed by atoms with van der Waals surface area (Å²) in [4.78, 5) is 9.12. The molecule has 1 aromatic rings. The van der Waals surface area contributed by atoms with Crippen molar-refractivity contribution in [3.05, 3.63) is 23.9 Å². The molecule has 0 amide bonds. The van der Waals surface area contributed by atoms with Gasteiger partial charge in [-0.05, 0) is 31.2 Å². The van der Waals surface area contributed by atoms with E-state index in [0.29, 0.717) is 0 Å². The van der Waals surface area contributed by atoms with E-state index < -0.39 is 6.10 Å². The number of rotatable bonds is 3. The zero-order valence-corrected chi connectivity index (χ0v) is 10.6.